The highest BCUT2D eigenvalue weighted by Gasteiger charge is 2.45. The van der Waals surface area contributed by atoms with Gasteiger partial charge in [0.2, 0.25) is 0 Å². The molecule has 2 amide bonds. The van der Waals surface area contributed by atoms with Gasteiger partial charge in [0.05, 0.1) is 17.6 Å². The van der Waals surface area contributed by atoms with Crippen LogP contribution in [0.5, 0.6) is 0 Å². The predicted octanol–water partition coefficient (Wildman–Crippen LogP) is 5.24. The van der Waals surface area contributed by atoms with Crippen LogP contribution in [0.4, 0.5) is 18.3 Å². The number of likely N-dealkylation sites (tertiary alicyclic amines) is 1. The maximum atomic E-state index is 14.5. The zero-order chi connectivity index (χ0) is 33.4. The molecule has 3 aliphatic heterocycles. The van der Waals surface area contributed by atoms with E-state index in [2.05, 4.69) is 32.0 Å². The molecule has 0 unspecified atom stereocenters. The second-order valence-corrected chi connectivity index (χ2v) is 13.3. The molecule has 9 nitrogen and oxygen atoms in total. The maximum Gasteiger partial charge on any atom is 0.416 e. The van der Waals surface area contributed by atoms with Crippen LogP contribution in [0, 0.1) is 17.8 Å². The van der Waals surface area contributed by atoms with Gasteiger partial charge in [-0.1, -0.05) is 24.0 Å². The van der Waals surface area contributed by atoms with Gasteiger partial charge in [0.1, 0.15) is 0 Å². The summed E-state index contributed by atoms with van der Waals surface area (Å²) >= 11 is 1.20. The molecule has 2 N–H and O–H groups in total. The van der Waals surface area contributed by atoms with Crippen molar-refractivity contribution in [2.45, 2.75) is 57.5 Å². The molecule has 0 spiro atoms. The van der Waals surface area contributed by atoms with Crippen molar-refractivity contribution in [2.75, 3.05) is 25.0 Å². The fraction of sp³-hybridized carbons (Fsp3) is 0.371. The molecule has 2 aromatic carbocycles. The van der Waals surface area contributed by atoms with E-state index in [1.54, 1.807) is 11.7 Å². The molecule has 4 aromatic rings. The topological polar surface area (TPSA) is 104 Å². The SMILES string of the molecule is O=C(Nc1nccs1)[C@@H](c1ncn2c1CCC2)N1Cc2c(cc(C#Cc3ccc(CN4CCC(CO)CC4)cc3)cc2C(F)(F)F)C1=O. The summed E-state index contributed by atoms with van der Waals surface area (Å²) in [6, 6.07) is 8.70. The van der Waals surface area contributed by atoms with Gasteiger partial charge in [0, 0.05) is 60.2 Å². The van der Waals surface area contributed by atoms with Crippen LogP contribution in [0.25, 0.3) is 0 Å². The molecule has 7 rings (SSSR count). The molecule has 0 bridgehead atoms. The van der Waals surface area contributed by atoms with Gasteiger partial charge in [-0.25, -0.2) is 9.97 Å². The summed E-state index contributed by atoms with van der Waals surface area (Å²) in [4.78, 5) is 39.7. The molecular formula is C35H33F3N6O3S. The smallest absolute Gasteiger partial charge is 0.396 e. The van der Waals surface area contributed by atoms with E-state index in [1.807, 2.05) is 28.8 Å². The van der Waals surface area contributed by atoms with Crippen molar-refractivity contribution < 1.29 is 27.9 Å². The minimum Gasteiger partial charge on any atom is -0.396 e. The first kappa shape index (κ1) is 32.1. The second-order valence-electron chi connectivity index (χ2n) is 12.4. The van der Waals surface area contributed by atoms with Crippen molar-refractivity contribution in [3.8, 4) is 11.8 Å². The Hall–Kier alpha value is -4.51. The van der Waals surface area contributed by atoms with Crippen LogP contribution in [-0.4, -0.2) is 61.0 Å². The first-order valence-electron chi connectivity index (χ1n) is 15.9. The number of hydrogen-bond acceptors (Lipinski definition) is 7. The molecule has 0 saturated carbocycles. The molecule has 13 heteroatoms. The lowest BCUT2D eigenvalue weighted by atomic mass is 9.97. The Morgan fingerprint density at radius 2 is 1.85 bits per heavy atom. The number of imidazole rings is 1. The number of aliphatic hydroxyl groups is 1. The summed E-state index contributed by atoms with van der Waals surface area (Å²) in [5.74, 6) is 4.87. The molecule has 1 atom stereocenters. The number of nitrogens with one attached hydrogen (secondary N) is 1. The number of carbonyl (C=O) groups is 2. The summed E-state index contributed by atoms with van der Waals surface area (Å²) in [7, 11) is 0. The van der Waals surface area contributed by atoms with E-state index in [-0.39, 0.29) is 23.3 Å². The minimum absolute atomic E-state index is 0.0544. The van der Waals surface area contributed by atoms with Crippen molar-refractivity contribution >= 4 is 28.3 Å². The van der Waals surface area contributed by atoms with Gasteiger partial charge in [0.15, 0.2) is 11.2 Å². The van der Waals surface area contributed by atoms with Gasteiger partial charge in [-0.3, -0.25) is 19.8 Å². The third-order valence-corrected chi connectivity index (χ3v) is 10.0. The number of amides is 2. The largest absolute Gasteiger partial charge is 0.416 e. The molecule has 0 aliphatic carbocycles. The summed E-state index contributed by atoms with van der Waals surface area (Å²) in [6.45, 7) is 3.15. The van der Waals surface area contributed by atoms with Crippen molar-refractivity contribution in [2.24, 2.45) is 5.92 Å². The highest BCUT2D eigenvalue weighted by atomic mass is 32.1. The first-order chi connectivity index (χ1) is 23.2. The first-order valence-corrected chi connectivity index (χ1v) is 16.8. The van der Waals surface area contributed by atoms with Crippen LogP contribution in [-0.2, 0) is 37.0 Å². The van der Waals surface area contributed by atoms with Gasteiger partial charge < -0.3 is 14.6 Å². The van der Waals surface area contributed by atoms with Gasteiger partial charge in [-0.05, 0) is 80.1 Å². The average Bonchev–Trinajstić information content (AvgIpc) is 3.88. The molecular weight excluding hydrogens is 641 g/mol. The van der Waals surface area contributed by atoms with Crippen molar-refractivity contribution in [3.05, 3.63) is 99.1 Å². The number of aryl methyl sites for hydroxylation is 1. The van der Waals surface area contributed by atoms with E-state index in [0.29, 0.717) is 35.3 Å². The van der Waals surface area contributed by atoms with E-state index in [4.69, 9.17) is 0 Å². The number of halogens is 3. The number of aliphatic hydroxyl groups excluding tert-OH is 1. The number of fused-ring (bicyclic) bond motifs is 2. The van der Waals surface area contributed by atoms with Gasteiger partial charge >= 0.3 is 6.18 Å². The lowest BCUT2D eigenvalue weighted by molar-refractivity contribution is -0.138. The number of aromatic nitrogens is 3. The number of carbonyl (C=O) groups excluding carboxylic acids is 2. The van der Waals surface area contributed by atoms with Crippen LogP contribution in [0.3, 0.4) is 0 Å². The van der Waals surface area contributed by atoms with E-state index < -0.39 is 36.1 Å². The molecule has 1 fully saturated rings. The van der Waals surface area contributed by atoms with Crippen LogP contribution >= 0.6 is 11.3 Å². The number of hydrogen-bond donors (Lipinski definition) is 2. The number of alkyl halides is 3. The van der Waals surface area contributed by atoms with Crippen molar-refractivity contribution in [3.63, 3.8) is 0 Å². The number of piperidine rings is 1. The van der Waals surface area contributed by atoms with Crippen molar-refractivity contribution in [1.82, 2.24) is 24.3 Å². The Balaban J connectivity index is 1.16. The summed E-state index contributed by atoms with van der Waals surface area (Å²) in [5.41, 5.74) is 1.67. The normalized spacial score (nSPS) is 17.2. The number of thiazole rings is 1. The van der Waals surface area contributed by atoms with Gasteiger partial charge in [-0.15, -0.1) is 11.3 Å². The monoisotopic (exact) mass is 674 g/mol. The third kappa shape index (κ3) is 6.48. The molecule has 48 heavy (non-hydrogen) atoms. The molecule has 248 valence electrons. The maximum absolute atomic E-state index is 14.5. The predicted molar refractivity (Wildman–Crippen MR) is 173 cm³/mol. The van der Waals surface area contributed by atoms with Crippen LogP contribution in [0.1, 0.15) is 74.9 Å². The summed E-state index contributed by atoms with van der Waals surface area (Å²) < 4.78 is 45.4. The Kier molecular flexibility index (Phi) is 8.80. The van der Waals surface area contributed by atoms with E-state index >= 15 is 0 Å². The quantitative estimate of drug-likeness (QED) is 0.260. The lowest BCUT2D eigenvalue weighted by Crippen LogP contribution is -2.38. The fourth-order valence-corrected chi connectivity index (χ4v) is 7.32. The van der Waals surface area contributed by atoms with Crippen LogP contribution in [0.15, 0.2) is 54.3 Å². The third-order valence-electron chi connectivity index (χ3n) is 9.32. The molecule has 5 heterocycles. The number of anilines is 1. The standard InChI is InChI=1S/C35H33F3N6O3S/c36-35(37,38)28-17-25(8-5-22-3-6-23(7-4-22)18-42-13-9-24(20-45)10-14-42)16-26-27(28)19-44(33(26)47)31(32(46)41-34-39-11-15-48-34)30-29-2-1-12-43(29)21-40-30/h3-4,6-7,11,15-17,21,24,31,45H,1-2,9-10,12-14,18-20H2,(H,39,41,46)/t31-/m1/s1. The highest BCUT2D eigenvalue weighted by molar-refractivity contribution is 7.13. The van der Waals surface area contributed by atoms with E-state index in [1.165, 1.54) is 28.5 Å². The molecule has 2 aromatic heterocycles. The zero-order valence-corrected chi connectivity index (χ0v) is 26.8. The average molecular weight is 675 g/mol. The summed E-state index contributed by atoms with van der Waals surface area (Å²) in [5, 5.41) is 14.1. The van der Waals surface area contributed by atoms with E-state index in [9.17, 15) is 27.9 Å². The number of nitrogens with zero attached hydrogens (tertiary/aromatic N) is 5. The van der Waals surface area contributed by atoms with Crippen molar-refractivity contribution in [1.29, 1.82) is 0 Å². The number of rotatable bonds is 7. The highest BCUT2D eigenvalue weighted by Crippen LogP contribution is 2.41. The second kappa shape index (κ2) is 13.2. The molecule has 0 radical (unpaired) electrons. The minimum atomic E-state index is -4.75. The van der Waals surface area contributed by atoms with Gasteiger partial charge in [-0.2, -0.15) is 13.2 Å². The number of benzene rings is 2. The summed E-state index contributed by atoms with van der Waals surface area (Å²) in [6.07, 6.45) is 1.80. The Bertz CT molecular complexity index is 1890. The Morgan fingerprint density at radius 3 is 2.56 bits per heavy atom. The Labute approximate surface area is 279 Å². The van der Waals surface area contributed by atoms with E-state index in [0.717, 1.165) is 56.2 Å². The molecule has 1 saturated heterocycles. The van der Waals surface area contributed by atoms with Crippen LogP contribution < -0.4 is 5.32 Å². The fourth-order valence-electron chi connectivity index (χ4n) is 6.79. The zero-order valence-electron chi connectivity index (χ0n) is 26.0. The Morgan fingerprint density at radius 1 is 1.08 bits per heavy atom. The van der Waals surface area contributed by atoms with Crippen LogP contribution in [0.2, 0.25) is 0 Å². The van der Waals surface area contributed by atoms with Gasteiger partial charge in [0.25, 0.3) is 11.8 Å². The molecule has 3 aliphatic rings. The lowest BCUT2D eigenvalue weighted by Gasteiger charge is -2.31.